The summed E-state index contributed by atoms with van der Waals surface area (Å²) in [6.45, 7) is -0.823. The van der Waals surface area contributed by atoms with Gasteiger partial charge < -0.3 is 4.90 Å². The van der Waals surface area contributed by atoms with Gasteiger partial charge in [-0.05, 0) is 36.1 Å². The summed E-state index contributed by atoms with van der Waals surface area (Å²) >= 11 is 3.53. The number of carbonyl (C=O) groups is 1. The Kier molecular flexibility index (Phi) is 6.66. The number of rotatable bonds is 7. The lowest BCUT2D eigenvalue weighted by Gasteiger charge is -2.42. The topological polar surface area (TPSA) is 20.3 Å². The number of carbonyl (C=O) groups excluding carboxylic acids is 1. The number of amides is 1. The highest BCUT2D eigenvalue weighted by Gasteiger charge is 2.93. The molecule has 1 aliphatic rings. The second-order valence-corrected chi connectivity index (χ2v) is 7.61. The van der Waals surface area contributed by atoms with Crippen molar-refractivity contribution in [3.8, 4) is 0 Å². The van der Waals surface area contributed by atoms with Crippen molar-refractivity contribution in [1.82, 2.24) is 0 Å². The van der Waals surface area contributed by atoms with Gasteiger partial charge in [-0.25, -0.2) is 0 Å². The zero-order chi connectivity index (χ0) is 26.8. The molecule has 34 heavy (non-hydrogen) atoms. The second-order valence-electron chi connectivity index (χ2n) is 7.13. The lowest BCUT2D eigenvalue weighted by Crippen LogP contribution is -2.74. The van der Waals surface area contributed by atoms with Crippen LogP contribution in [0, 0.1) is 0 Å². The molecule has 0 saturated carbocycles. The summed E-state index contributed by atoms with van der Waals surface area (Å²) in [5, 5.41) is -6.71. The molecule has 0 aliphatic carbocycles. The average Bonchev–Trinajstić information content (AvgIpc) is 2.71. The Labute approximate surface area is 185 Å². The number of aryl methyl sites for hydroxylation is 1. The van der Waals surface area contributed by atoms with Gasteiger partial charge in [0.05, 0.1) is 0 Å². The normalized spacial score (nSPS) is 17.0. The van der Waals surface area contributed by atoms with Crippen LogP contribution < -0.4 is 4.90 Å². The largest absolute Gasteiger partial charge is 0.393 e. The molecule has 0 aromatic heterocycles. The Bertz CT molecular complexity index is 942. The zero-order valence-corrected chi connectivity index (χ0v) is 16.7. The van der Waals surface area contributed by atoms with Crippen molar-refractivity contribution in [2.45, 2.75) is 53.8 Å². The van der Waals surface area contributed by atoms with E-state index in [0.717, 1.165) is 12.1 Å². The maximum atomic E-state index is 14.3. The molecule has 0 bridgehead atoms. The molecule has 1 aromatic rings. The highest BCUT2D eigenvalue weighted by molar-refractivity contribution is 6.22. The predicted octanol–water partition coefficient (Wildman–Crippen LogP) is 6.61. The maximum absolute atomic E-state index is 14.3. The molecule has 2 nitrogen and oxygen atoms in total. The first-order valence-electron chi connectivity index (χ1n) is 8.73. The van der Waals surface area contributed by atoms with Crippen LogP contribution in [-0.4, -0.2) is 53.4 Å². The van der Waals surface area contributed by atoms with Crippen molar-refractivity contribution < 1.29 is 66.3 Å². The summed E-state index contributed by atoms with van der Waals surface area (Å²) in [6.07, 6.45) is -0.115. The number of hydrogen-bond acceptors (Lipinski definition) is 1. The van der Waals surface area contributed by atoms with Gasteiger partial charge in [-0.2, -0.15) is 61.5 Å². The minimum absolute atomic E-state index is 0.0637. The van der Waals surface area contributed by atoms with Crippen molar-refractivity contribution in [2.24, 2.45) is 0 Å². The highest BCUT2D eigenvalue weighted by atomic mass is 35.5. The fourth-order valence-corrected chi connectivity index (χ4v) is 3.13. The first kappa shape index (κ1) is 28.2. The van der Waals surface area contributed by atoms with Crippen molar-refractivity contribution in [3.05, 3.63) is 29.8 Å². The number of benzene rings is 1. The molecule has 1 aromatic carbocycles. The first-order chi connectivity index (χ1) is 15.0. The first-order valence-corrected chi connectivity index (χ1v) is 9.11. The molecule has 1 amide bonds. The van der Waals surface area contributed by atoms with E-state index in [1.165, 1.54) is 12.1 Å². The third kappa shape index (κ3) is 3.66. The van der Waals surface area contributed by atoms with Crippen LogP contribution in [0.15, 0.2) is 24.3 Å². The Morgan fingerprint density at radius 2 is 1.15 bits per heavy atom. The zero-order valence-electron chi connectivity index (χ0n) is 16.0. The molecule has 0 N–H and O–H groups in total. The van der Waals surface area contributed by atoms with Gasteiger partial charge in [0.25, 0.3) is 0 Å². The third-order valence-electron chi connectivity index (χ3n) is 4.95. The van der Waals surface area contributed by atoms with Gasteiger partial charge in [-0.3, -0.25) is 4.79 Å². The predicted molar refractivity (Wildman–Crippen MR) is 87.6 cm³/mol. The van der Waals surface area contributed by atoms with E-state index in [1.807, 2.05) is 0 Å². The van der Waals surface area contributed by atoms with Gasteiger partial charge in [0.15, 0.2) is 0 Å². The quantitative estimate of drug-likeness (QED) is 0.279. The Morgan fingerprint density at radius 3 is 1.65 bits per heavy atom. The van der Waals surface area contributed by atoms with Gasteiger partial charge in [0.2, 0.25) is 0 Å². The van der Waals surface area contributed by atoms with Crippen LogP contribution in [0.5, 0.6) is 0 Å². The van der Waals surface area contributed by atoms with Crippen LogP contribution in [0.1, 0.15) is 12.0 Å². The molecule has 0 atom stereocenters. The van der Waals surface area contributed by atoms with E-state index in [9.17, 15) is 66.3 Å². The summed E-state index contributed by atoms with van der Waals surface area (Å²) in [6, 6.07) is 4.51. The van der Waals surface area contributed by atoms with Crippen molar-refractivity contribution in [3.63, 3.8) is 0 Å². The van der Waals surface area contributed by atoms with Crippen LogP contribution in [-0.2, 0) is 11.2 Å². The Hall–Kier alpha value is -2.00. The highest BCUT2D eigenvalue weighted by Crippen LogP contribution is 2.62. The number of nitrogens with zero attached hydrogens (tertiary/aromatic N) is 1. The van der Waals surface area contributed by atoms with E-state index in [-0.39, 0.29) is 23.3 Å². The summed E-state index contributed by atoms with van der Waals surface area (Å²) < 4.78 is 190. The number of halogens is 15. The molecule has 0 unspecified atom stereocenters. The fraction of sp³-hybridized carbons (Fsp3) is 0.588. The average molecular weight is 546 g/mol. The molecule has 194 valence electrons. The van der Waals surface area contributed by atoms with Crippen LogP contribution in [0.4, 0.5) is 67.2 Å². The smallest absolute Gasteiger partial charge is 0.307 e. The SMILES string of the molecule is O=C(N1CCCc2ccccc21)C(F)(F)C(F)(F)C(F)(F)C(F)(F)C(F)(F)C(F)(F)C(F)(F)Cl. The van der Waals surface area contributed by atoms with E-state index >= 15 is 0 Å². The molecule has 2 rings (SSSR count). The second kappa shape index (κ2) is 8.01. The third-order valence-corrected chi connectivity index (χ3v) is 5.19. The van der Waals surface area contributed by atoms with E-state index < -0.39 is 59.1 Å². The number of alkyl halides is 15. The van der Waals surface area contributed by atoms with Crippen LogP contribution >= 0.6 is 11.6 Å². The molecule has 0 radical (unpaired) electrons. The minimum Gasteiger partial charge on any atom is -0.307 e. The van der Waals surface area contributed by atoms with Crippen LogP contribution in [0.2, 0.25) is 0 Å². The van der Waals surface area contributed by atoms with E-state index in [0.29, 0.717) is 0 Å². The molecule has 0 fully saturated rings. The minimum atomic E-state index is -8.27. The van der Waals surface area contributed by atoms with Gasteiger partial charge in [0.1, 0.15) is 0 Å². The van der Waals surface area contributed by atoms with Crippen molar-refractivity contribution in [1.29, 1.82) is 0 Å². The van der Waals surface area contributed by atoms with Crippen LogP contribution in [0.3, 0.4) is 0 Å². The standard InChI is InChI=1S/C17H10ClF14NO/c18-17(31,32)16(29,30)15(27,28)14(25,26)13(23,24)12(21,22)11(19,20)10(34)33-7-3-5-8-4-1-2-6-9(8)33/h1-2,4,6H,3,5,7H2. The fourth-order valence-electron chi connectivity index (χ4n) is 3.02. The summed E-state index contributed by atoms with van der Waals surface area (Å²) in [5.74, 6) is -50.1. The van der Waals surface area contributed by atoms with Crippen LogP contribution in [0.25, 0.3) is 0 Å². The lowest BCUT2D eigenvalue weighted by atomic mass is 9.90. The Balaban J connectivity index is 2.57. The van der Waals surface area contributed by atoms with E-state index in [4.69, 9.17) is 0 Å². The van der Waals surface area contributed by atoms with Gasteiger partial charge in [-0.15, -0.1) is 0 Å². The van der Waals surface area contributed by atoms with Crippen molar-refractivity contribution in [2.75, 3.05) is 11.4 Å². The molecule has 1 heterocycles. The maximum Gasteiger partial charge on any atom is 0.393 e. The van der Waals surface area contributed by atoms with Gasteiger partial charge in [0, 0.05) is 12.2 Å². The van der Waals surface area contributed by atoms with Gasteiger partial charge >= 0.3 is 46.8 Å². The Morgan fingerprint density at radius 1 is 0.706 bits per heavy atom. The summed E-state index contributed by atoms with van der Waals surface area (Å²) in [4.78, 5) is 11.8. The summed E-state index contributed by atoms with van der Waals surface area (Å²) in [5.41, 5.74) is -0.461. The summed E-state index contributed by atoms with van der Waals surface area (Å²) in [7, 11) is 0. The molecular weight excluding hydrogens is 536 g/mol. The number of fused-ring (bicyclic) bond motifs is 1. The molecule has 0 spiro atoms. The molecule has 0 saturated heterocycles. The van der Waals surface area contributed by atoms with Crippen molar-refractivity contribution >= 4 is 23.2 Å². The number of para-hydroxylation sites is 1. The van der Waals surface area contributed by atoms with Gasteiger partial charge in [-0.1, -0.05) is 18.2 Å². The molecular formula is C17H10ClF14NO. The molecule has 17 heteroatoms. The lowest BCUT2D eigenvalue weighted by molar-refractivity contribution is -0.431. The van der Waals surface area contributed by atoms with E-state index in [2.05, 4.69) is 11.6 Å². The number of hydrogen-bond donors (Lipinski definition) is 0. The van der Waals surface area contributed by atoms with E-state index in [1.54, 1.807) is 0 Å². The number of anilines is 1. The molecule has 1 aliphatic heterocycles. The monoisotopic (exact) mass is 545 g/mol.